The zero-order chi connectivity index (χ0) is 21.8. The van der Waals surface area contributed by atoms with Crippen molar-refractivity contribution in [2.45, 2.75) is 12.3 Å². The number of urea groups is 1. The zero-order valence-corrected chi connectivity index (χ0v) is 17.6. The third-order valence-electron chi connectivity index (χ3n) is 5.19. The van der Waals surface area contributed by atoms with Gasteiger partial charge in [0.2, 0.25) is 5.89 Å². The van der Waals surface area contributed by atoms with E-state index >= 15 is 0 Å². The number of benzene rings is 2. The monoisotopic (exact) mass is 424 g/mol. The smallest absolute Gasteiger partial charge is 0.321 e. The molecule has 1 fully saturated rings. The summed E-state index contributed by atoms with van der Waals surface area (Å²) in [6.45, 7) is 1.00. The van der Waals surface area contributed by atoms with E-state index in [1.54, 1.807) is 44.4 Å². The molecular formula is C22H24N4O5. The van der Waals surface area contributed by atoms with Gasteiger partial charge in [-0.2, -0.15) is 4.98 Å². The van der Waals surface area contributed by atoms with Crippen LogP contribution in [-0.2, 0) is 6.42 Å². The van der Waals surface area contributed by atoms with Gasteiger partial charge in [-0.3, -0.25) is 0 Å². The summed E-state index contributed by atoms with van der Waals surface area (Å²) in [5.74, 6) is 3.11. The van der Waals surface area contributed by atoms with Crippen LogP contribution >= 0.6 is 0 Å². The van der Waals surface area contributed by atoms with Crippen molar-refractivity contribution >= 4 is 11.7 Å². The van der Waals surface area contributed by atoms with Gasteiger partial charge in [0, 0.05) is 31.1 Å². The number of anilines is 1. The Hall–Kier alpha value is -3.75. The first-order valence-corrected chi connectivity index (χ1v) is 9.83. The Morgan fingerprint density at radius 2 is 1.87 bits per heavy atom. The molecule has 2 amide bonds. The van der Waals surface area contributed by atoms with Crippen LogP contribution in [0, 0.1) is 0 Å². The fourth-order valence-corrected chi connectivity index (χ4v) is 3.42. The van der Waals surface area contributed by atoms with Gasteiger partial charge in [0.15, 0.2) is 5.82 Å². The van der Waals surface area contributed by atoms with Gasteiger partial charge in [-0.1, -0.05) is 23.4 Å². The third kappa shape index (κ3) is 4.40. The Bertz CT molecular complexity index is 1060. The molecule has 1 aliphatic rings. The number of rotatable bonds is 7. The van der Waals surface area contributed by atoms with Crippen LogP contribution in [0.15, 0.2) is 47.0 Å². The maximum Gasteiger partial charge on any atom is 0.321 e. The van der Waals surface area contributed by atoms with Crippen molar-refractivity contribution in [2.75, 3.05) is 39.7 Å². The molecule has 2 heterocycles. The second-order valence-corrected chi connectivity index (χ2v) is 7.14. The summed E-state index contributed by atoms with van der Waals surface area (Å²) in [4.78, 5) is 18.7. The lowest BCUT2D eigenvalue weighted by Gasteiger charge is -2.36. The van der Waals surface area contributed by atoms with Gasteiger partial charge in [0.1, 0.15) is 17.2 Å². The van der Waals surface area contributed by atoms with E-state index in [1.807, 2.05) is 24.3 Å². The van der Waals surface area contributed by atoms with E-state index in [4.69, 9.17) is 18.7 Å². The summed E-state index contributed by atoms with van der Waals surface area (Å²) in [5.41, 5.74) is 1.56. The molecule has 162 valence electrons. The number of likely N-dealkylation sites (tertiary alicyclic amines) is 1. The highest BCUT2D eigenvalue weighted by molar-refractivity contribution is 5.91. The van der Waals surface area contributed by atoms with Crippen molar-refractivity contribution in [3.63, 3.8) is 0 Å². The van der Waals surface area contributed by atoms with Crippen LogP contribution < -0.4 is 19.5 Å². The van der Waals surface area contributed by atoms with E-state index in [2.05, 4.69) is 15.5 Å². The molecule has 1 N–H and O–H groups in total. The van der Waals surface area contributed by atoms with E-state index in [0.717, 1.165) is 11.3 Å². The van der Waals surface area contributed by atoms with Gasteiger partial charge in [0.05, 0.1) is 32.9 Å². The number of para-hydroxylation sites is 1. The average molecular weight is 424 g/mol. The van der Waals surface area contributed by atoms with E-state index in [9.17, 15) is 4.79 Å². The number of carbonyl (C=O) groups is 1. The van der Waals surface area contributed by atoms with Gasteiger partial charge in [-0.25, -0.2) is 4.79 Å². The maximum absolute atomic E-state index is 12.6. The molecule has 9 nitrogen and oxygen atoms in total. The number of nitrogens with one attached hydrogen (secondary N) is 1. The third-order valence-corrected chi connectivity index (χ3v) is 5.19. The van der Waals surface area contributed by atoms with Gasteiger partial charge < -0.3 is 29.0 Å². The molecule has 0 unspecified atom stereocenters. The summed E-state index contributed by atoms with van der Waals surface area (Å²) in [5, 5.41) is 6.94. The molecular weight excluding hydrogens is 400 g/mol. The van der Waals surface area contributed by atoms with Crippen molar-refractivity contribution in [1.82, 2.24) is 15.0 Å². The first kappa shape index (κ1) is 20.5. The minimum absolute atomic E-state index is 0.0161. The fourth-order valence-electron chi connectivity index (χ4n) is 3.42. The minimum Gasteiger partial charge on any atom is -0.497 e. The highest BCUT2D eigenvalue weighted by Crippen LogP contribution is 2.31. The minimum atomic E-state index is -0.214. The summed E-state index contributed by atoms with van der Waals surface area (Å²) in [7, 11) is 4.75. The molecule has 1 saturated heterocycles. The molecule has 0 spiro atoms. The second-order valence-electron chi connectivity index (χ2n) is 7.14. The number of ether oxygens (including phenoxy) is 3. The molecule has 0 aliphatic carbocycles. The first-order valence-electron chi connectivity index (χ1n) is 9.83. The summed E-state index contributed by atoms with van der Waals surface area (Å²) in [6, 6.07) is 12.7. The number of aromatic nitrogens is 2. The summed E-state index contributed by atoms with van der Waals surface area (Å²) >= 11 is 0. The molecule has 0 saturated carbocycles. The molecule has 0 atom stereocenters. The molecule has 9 heteroatoms. The molecule has 1 aliphatic heterocycles. The van der Waals surface area contributed by atoms with Gasteiger partial charge in [-0.15, -0.1) is 0 Å². The number of nitrogens with zero attached hydrogens (tertiary/aromatic N) is 3. The van der Waals surface area contributed by atoms with Crippen LogP contribution in [0.5, 0.6) is 17.2 Å². The van der Waals surface area contributed by atoms with Crippen molar-refractivity contribution in [1.29, 1.82) is 0 Å². The number of hydrogen-bond acceptors (Lipinski definition) is 7. The topological polar surface area (TPSA) is 99.0 Å². The van der Waals surface area contributed by atoms with Gasteiger partial charge >= 0.3 is 6.03 Å². The lowest BCUT2D eigenvalue weighted by Crippen LogP contribution is -2.50. The normalized spacial score (nSPS) is 13.5. The van der Waals surface area contributed by atoms with Crippen molar-refractivity contribution < 1.29 is 23.5 Å². The second kappa shape index (κ2) is 8.95. The number of carbonyl (C=O) groups excluding carboxylic acids is 1. The van der Waals surface area contributed by atoms with Crippen LogP contribution in [-0.4, -0.2) is 55.5 Å². The molecule has 3 aromatic rings. The lowest BCUT2D eigenvalue weighted by molar-refractivity contribution is 0.147. The van der Waals surface area contributed by atoms with Crippen LogP contribution in [0.1, 0.15) is 23.2 Å². The summed E-state index contributed by atoms with van der Waals surface area (Å²) in [6.07, 6.45) is 0.516. The predicted octanol–water partition coefficient (Wildman–Crippen LogP) is 3.32. The van der Waals surface area contributed by atoms with E-state index in [0.29, 0.717) is 48.4 Å². The largest absolute Gasteiger partial charge is 0.497 e. The predicted molar refractivity (Wildman–Crippen MR) is 113 cm³/mol. The molecule has 0 radical (unpaired) electrons. The number of amides is 2. The lowest BCUT2D eigenvalue weighted by atomic mass is 10.0. The fraction of sp³-hybridized carbons (Fsp3) is 0.318. The van der Waals surface area contributed by atoms with Crippen molar-refractivity contribution in [2.24, 2.45) is 0 Å². The maximum atomic E-state index is 12.6. The zero-order valence-electron chi connectivity index (χ0n) is 17.6. The SMILES string of the molecule is COc1ccc(NC(=O)N2CC(c3nc(Cc4ccccc4OC)no3)C2)c(OC)c1. The van der Waals surface area contributed by atoms with Crippen LogP contribution in [0.25, 0.3) is 0 Å². The standard InChI is InChI=1S/C22H24N4O5/c1-28-16-8-9-17(19(11-16)30-3)23-22(27)26-12-15(13-26)21-24-20(25-31-21)10-14-6-4-5-7-18(14)29-2/h4-9,11,15H,10,12-13H2,1-3H3,(H,23,27). The van der Waals surface area contributed by atoms with Crippen molar-refractivity contribution in [3.05, 3.63) is 59.7 Å². The van der Waals surface area contributed by atoms with E-state index < -0.39 is 0 Å². The Morgan fingerprint density at radius 3 is 2.61 bits per heavy atom. The number of methoxy groups -OCH3 is 3. The Kier molecular flexibility index (Phi) is 5.92. The quantitative estimate of drug-likeness (QED) is 0.621. The van der Waals surface area contributed by atoms with Crippen LogP contribution in [0.4, 0.5) is 10.5 Å². The van der Waals surface area contributed by atoms with Gasteiger partial charge in [0.25, 0.3) is 0 Å². The molecule has 4 rings (SSSR count). The highest BCUT2D eigenvalue weighted by atomic mass is 16.5. The first-order chi connectivity index (χ1) is 15.1. The summed E-state index contributed by atoms with van der Waals surface area (Å²) < 4.78 is 21.3. The van der Waals surface area contributed by atoms with E-state index in [-0.39, 0.29) is 11.9 Å². The molecule has 1 aromatic heterocycles. The van der Waals surface area contributed by atoms with Crippen LogP contribution in [0.2, 0.25) is 0 Å². The van der Waals surface area contributed by atoms with E-state index in [1.165, 1.54) is 0 Å². The highest BCUT2D eigenvalue weighted by Gasteiger charge is 2.36. The Balaban J connectivity index is 1.34. The molecule has 0 bridgehead atoms. The van der Waals surface area contributed by atoms with Crippen LogP contribution in [0.3, 0.4) is 0 Å². The Morgan fingerprint density at radius 1 is 1.10 bits per heavy atom. The molecule has 2 aromatic carbocycles. The molecule has 31 heavy (non-hydrogen) atoms. The Labute approximate surface area is 179 Å². The average Bonchev–Trinajstić information content (AvgIpc) is 3.21. The van der Waals surface area contributed by atoms with Crippen molar-refractivity contribution in [3.8, 4) is 17.2 Å². The van der Waals surface area contributed by atoms with Gasteiger partial charge in [-0.05, 0) is 18.2 Å². The number of hydrogen-bond donors (Lipinski definition) is 1.